The first kappa shape index (κ1) is 10.3. The minimum absolute atomic E-state index is 0.00725. The van der Waals surface area contributed by atoms with E-state index < -0.39 is 28.6 Å². The number of sulfonamides is 1. The Morgan fingerprint density at radius 3 is 2.15 bits per heavy atom. The summed E-state index contributed by atoms with van der Waals surface area (Å²) < 4.78 is 56.7. The molecule has 76 valence electrons. The third kappa shape index (κ3) is 1.61. The Labute approximate surface area is 71.5 Å². The number of hydrogen-bond donors (Lipinski definition) is 1. The molecule has 0 saturated carbocycles. The van der Waals surface area contributed by atoms with Crippen molar-refractivity contribution in [3.05, 3.63) is 0 Å². The van der Waals surface area contributed by atoms with Crippen LogP contribution in [0.15, 0.2) is 5.16 Å². The van der Waals surface area contributed by atoms with Crippen LogP contribution in [-0.2, 0) is 10.0 Å². The molecule has 1 aliphatic rings. The van der Waals surface area contributed by atoms with E-state index in [-0.39, 0.29) is 10.0 Å². The van der Waals surface area contributed by atoms with Crippen LogP contribution in [0.1, 0.15) is 0 Å². The van der Waals surface area contributed by atoms with Crippen molar-refractivity contribution in [3.63, 3.8) is 0 Å². The predicted molar refractivity (Wildman–Crippen MR) is 35.8 cm³/mol. The summed E-state index contributed by atoms with van der Waals surface area (Å²) in [6, 6.07) is 0. The van der Waals surface area contributed by atoms with Crippen molar-refractivity contribution in [2.75, 3.05) is 13.1 Å². The second kappa shape index (κ2) is 2.84. The lowest BCUT2D eigenvalue weighted by Crippen LogP contribution is -2.54. The quantitative estimate of drug-likeness (QED) is 0.496. The number of nitrogens with zero attached hydrogens (tertiary/aromatic N) is 2. The molecule has 1 N–H and O–H groups in total. The maximum absolute atomic E-state index is 11.8. The fraction of sp³-hybridized carbons (Fsp3) is 0.750. The van der Waals surface area contributed by atoms with Crippen molar-refractivity contribution in [1.82, 2.24) is 4.31 Å². The third-order valence-electron chi connectivity index (χ3n) is 1.49. The van der Waals surface area contributed by atoms with E-state index in [2.05, 4.69) is 5.16 Å². The molecule has 0 spiro atoms. The largest absolute Gasteiger partial charge is 0.511 e. The molecule has 1 fully saturated rings. The summed E-state index contributed by atoms with van der Waals surface area (Å²) in [5, 5.41) is 10.6. The van der Waals surface area contributed by atoms with E-state index in [1.165, 1.54) is 0 Å². The lowest BCUT2D eigenvalue weighted by Gasteiger charge is -2.30. The minimum Gasteiger partial charge on any atom is -0.411 e. The zero-order valence-electron chi connectivity index (χ0n) is 6.11. The number of hydrogen-bond acceptors (Lipinski definition) is 4. The Hall–Kier alpha value is -0.830. The maximum atomic E-state index is 11.8. The Balaban J connectivity index is 2.77. The van der Waals surface area contributed by atoms with Crippen LogP contribution in [-0.4, -0.2) is 42.2 Å². The number of oxime groups is 1. The Kier molecular flexibility index (Phi) is 2.24. The summed E-state index contributed by atoms with van der Waals surface area (Å²) in [5.41, 5.74) is -5.28. The SMILES string of the molecule is O=S(=O)(N1CC(=NO)C1)C(F)(F)F. The Morgan fingerprint density at radius 2 is 1.85 bits per heavy atom. The molecule has 0 aromatic carbocycles. The van der Waals surface area contributed by atoms with Crippen LogP contribution in [0.2, 0.25) is 0 Å². The summed E-state index contributed by atoms with van der Waals surface area (Å²) in [6.07, 6.45) is 0. The fourth-order valence-corrected chi connectivity index (χ4v) is 1.67. The summed E-state index contributed by atoms with van der Waals surface area (Å²) in [7, 11) is -5.24. The van der Waals surface area contributed by atoms with Gasteiger partial charge in [-0.2, -0.15) is 17.5 Å². The van der Waals surface area contributed by atoms with Gasteiger partial charge in [0.05, 0.1) is 18.8 Å². The van der Waals surface area contributed by atoms with Crippen molar-refractivity contribution < 1.29 is 26.8 Å². The highest BCUT2D eigenvalue weighted by atomic mass is 32.2. The first-order valence-electron chi connectivity index (χ1n) is 3.05. The van der Waals surface area contributed by atoms with Crippen LogP contribution in [0, 0.1) is 0 Å². The summed E-state index contributed by atoms with van der Waals surface area (Å²) >= 11 is 0. The molecule has 1 heterocycles. The maximum Gasteiger partial charge on any atom is 0.511 e. The van der Waals surface area contributed by atoms with Crippen LogP contribution in [0.3, 0.4) is 0 Å². The van der Waals surface area contributed by atoms with E-state index in [1.807, 2.05) is 0 Å². The van der Waals surface area contributed by atoms with Gasteiger partial charge in [0, 0.05) is 0 Å². The summed E-state index contributed by atoms with van der Waals surface area (Å²) in [5.74, 6) is 0. The second-order valence-electron chi connectivity index (χ2n) is 2.39. The highest BCUT2D eigenvalue weighted by Crippen LogP contribution is 2.28. The average Bonchev–Trinajstić information content (AvgIpc) is 1.81. The molecule has 0 aliphatic carbocycles. The molecule has 0 aromatic rings. The zero-order chi connectivity index (χ0) is 10.3. The molecule has 13 heavy (non-hydrogen) atoms. The lowest BCUT2D eigenvalue weighted by atomic mass is 10.2. The first-order valence-corrected chi connectivity index (χ1v) is 4.49. The van der Waals surface area contributed by atoms with Gasteiger partial charge in [-0.05, 0) is 0 Å². The van der Waals surface area contributed by atoms with E-state index in [9.17, 15) is 21.6 Å². The summed E-state index contributed by atoms with van der Waals surface area (Å²) in [4.78, 5) is 0. The molecule has 1 aliphatic heterocycles. The molecule has 0 bridgehead atoms. The topological polar surface area (TPSA) is 70.0 Å². The molecule has 9 heteroatoms. The molecular formula is C4H5F3N2O3S. The van der Waals surface area contributed by atoms with Crippen molar-refractivity contribution >= 4 is 15.7 Å². The standard InChI is InChI=1S/C4H5F3N2O3S/c5-4(6,7)13(11,12)9-1-3(2-9)8-10/h10H,1-2H2. The van der Waals surface area contributed by atoms with E-state index in [4.69, 9.17) is 5.21 Å². The highest BCUT2D eigenvalue weighted by Gasteiger charge is 2.52. The first-order chi connectivity index (χ1) is 5.79. The van der Waals surface area contributed by atoms with Crippen molar-refractivity contribution in [1.29, 1.82) is 0 Å². The smallest absolute Gasteiger partial charge is 0.411 e. The van der Waals surface area contributed by atoms with Gasteiger partial charge in [0.1, 0.15) is 0 Å². The van der Waals surface area contributed by atoms with Crippen LogP contribution < -0.4 is 0 Å². The Bertz CT molecular complexity index is 325. The van der Waals surface area contributed by atoms with Gasteiger partial charge in [-0.15, -0.1) is 0 Å². The van der Waals surface area contributed by atoms with Gasteiger partial charge in [0.2, 0.25) is 0 Å². The Morgan fingerprint density at radius 1 is 1.38 bits per heavy atom. The van der Waals surface area contributed by atoms with E-state index >= 15 is 0 Å². The molecule has 1 rings (SSSR count). The van der Waals surface area contributed by atoms with Gasteiger partial charge in [0.15, 0.2) is 0 Å². The normalized spacial score (nSPS) is 19.8. The van der Waals surface area contributed by atoms with E-state index in [1.54, 1.807) is 0 Å². The van der Waals surface area contributed by atoms with Gasteiger partial charge in [-0.1, -0.05) is 5.16 Å². The second-order valence-corrected chi connectivity index (χ2v) is 4.31. The van der Waals surface area contributed by atoms with Crippen LogP contribution in [0.25, 0.3) is 0 Å². The van der Waals surface area contributed by atoms with Gasteiger partial charge < -0.3 is 5.21 Å². The number of halogens is 3. The molecule has 0 aromatic heterocycles. The van der Waals surface area contributed by atoms with E-state index in [0.717, 1.165) is 0 Å². The zero-order valence-corrected chi connectivity index (χ0v) is 6.93. The van der Waals surface area contributed by atoms with Crippen molar-refractivity contribution in [2.24, 2.45) is 5.16 Å². The lowest BCUT2D eigenvalue weighted by molar-refractivity contribution is -0.0487. The average molecular weight is 218 g/mol. The monoisotopic (exact) mass is 218 g/mol. The van der Waals surface area contributed by atoms with Crippen molar-refractivity contribution in [2.45, 2.75) is 5.51 Å². The molecule has 0 radical (unpaired) electrons. The van der Waals surface area contributed by atoms with Gasteiger partial charge in [-0.3, -0.25) is 0 Å². The number of alkyl halides is 3. The van der Waals surface area contributed by atoms with Gasteiger partial charge in [-0.25, -0.2) is 8.42 Å². The minimum atomic E-state index is -5.28. The molecule has 1 saturated heterocycles. The molecule has 0 atom stereocenters. The summed E-state index contributed by atoms with van der Waals surface area (Å²) in [6.45, 7) is -1.00. The van der Waals surface area contributed by atoms with Crippen LogP contribution >= 0.6 is 0 Å². The molecular weight excluding hydrogens is 213 g/mol. The fourth-order valence-electron chi connectivity index (χ4n) is 0.740. The highest BCUT2D eigenvalue weighted by molar-refractivity contribution is 7.90. The van der Waals surface area contributed by atoms with Crippen LogP contribution in [0.5, 0.6) is 0 Å². The predicted octanol–water partition coefficient (Wildman–Crippen LogP) is -0.0182. The van der Waals surface area contributed by atoms with Crippen molar-refractivity contribution in [3.8, 4) is 0 Å². The van der Waals surface area contributed by atoms with Gasteiger partial charge in [0.25, 0.3) is 0 Å². The van der Waals surface area contributed by atoms with E-state index in [0.29, 0.717) is 0 Å². The molecule has 0 amide bonds. The molecule has 5 nitrogen and oxygen atoms in total. The van der Waals surface area contributed by atoms with Crippen LogP contribution in [0.4, 0.5) is 13.2 Å². The third-order valence-corrected chi connectivity index (χ3v) is 3.01. The molecule has 0 unspecified atom stereocenters. The van der Waals surface area contributed by atoms with Gasteiger partial charge >= 0.3 is 15.5 Å². The number of rotatable bonds is 1.